The molecule has 0 amide bonds. The van der Waals surface area contributed by atoms with Gasteiger partial charge >= 0.3 is 5.97 Å². The van der Waals surface area contributed by atoms with Crippen LogP contribution in [0.3, 0.4) is 0 Å². The summed E-state index contributed by atoms with van der Waals surface area (Å²) in [6.45, 7) is 4.68. The molecule has 4 heteroatoms. The summed E-state index contributed by atoms with van der Waals surface area (Å²) in [6, 6.07) is 9.80. The van der Waals surface area contributed by atoms with E-state index in [2.05, 4.69) is 6.07 Å². The van der Waals surface area contributed by atoms with Gasteiger partial charge in [0.25, 0.3) is 0 Å². The molecule has 1 unspecified atom stereocenters. The van der Waals surface area contributed by atoms with Gasteiger partial charge in [0, 0.05) is 6.54 Å². The number of carbonyl (C=O) groups is 1. The van der Waals surface area contributed by atoms with E-state index in [4.69, 9.17) is 4.74 Å². The van der Waals surface area contributed by atoms with E-state index in [0.29, 0.717) is 19.6 Å². The molecule has 19 heavy (non-hydrogen) atoms. The molecule has 0 spiro atoms. The van der Waals surface area contributed by atoms with E-state index < -0.39 is 0 Å². The van der Waals surface area contributed by atoms with Crippen LogP contribution >= 0.6 is 0 Å². The van der Waals surface area contributed by atoms with Crippen molar-refractivity contribution in [2.24, 2.45) is 0 Å². The normalized spacial score (nSPS) is 11.9. The Bertz CT molecular complexity index is 465. The molecule has 0 N–H and O–H groups in total. The van der Waals surface area contributed by atoms with Crippen molar-refractivity contribution in [3.8, 4) is 6.07 Å². The SMILES string of the molecule is CCOC(=O)CCN(C)C(C#N)c1cccc(C)c1. The fourth-order valence-corrected chi connectivity index (χ4v) is 1.90. The minimum atomic E-state index is -0.339. The van der Waals surface area contributed by atoms with Gasteiger partial charge < -0.3 is 4.74 Å². The molecule has 1 aromatic rings. The summed E-state index contributed by atoms with van der Waals surface area (Å²) in [5.74, 6) is -0.227. The van der Waals surface area contributed by atoms with Crippen LogP contribution in [0.15, 0.2) is 24.3 Å². The highest BCUT2D eigenvalue weighted by Crippen LogP contribution is 2.19. The standard InChI is InChI=1S/C15H20N2O2/c1-4-19-15(18)8-9-17(3)14(11-16)13-7-5-6-12(2)10-13/h5-7,10,14H,4,8-9H2,1-3H3. The maximum Gasteiger partial charge on any atom is 0.307 e. The molecule has 0 saturated carbocycles. The van der Waals surface area contributed by atoms with Crippen molar-refractivity contribution in [1.82, 2.24) is 4.90 Å². The van der Waals surface area contributed by atoms with Gasteiger partial charge in [-0.05, 0) is 26.5 Å². The fourth-order valence-electron chi connectivity index (χ4n) is 1.90. The zero-order valence-electron chi connectivity index (χ0n) is 11.7. The minimum absolute atomic E-state index is 0.227. The van der Waals surface area contributed by atoms with Gasteiger partial charge in [0.1, 0.15) is 6.04 Å². The summed E-state index contributed by atoms with van der Waals surface area (Å²) in [6.07, 6.45) is 0.300. The fraction of sp³-hybridized carbons (Fsp3) is 0.467. The summed E-state index contributed by atoms with van der Waals surface area (Å²) < 4.78 is 4.88. The molecule has 0 saturated heterocycles. The van der Waals surface area contributed by atoms with Gasteiger partial charge in [-0.2, -0.15) is 5.26 Å². The monoisotopic (exact) mass is 260 g/mol. The van der Waals surface area contributed by atoms with E-state index in [-0.39, 0.29) is 12.0 Å². The highest BCUT2D eigenvalue weighted by Gasteiger charge is 2.17. The number of hydrogen-bond acceptors (Lipinski definition) is 4. The van der Waals surface area contributed by atoms with E-state index in [0.717, 1.165) is 11.1 Å². The molecule has 0 bridgehead atoms. The topological polar surface area (TPSA) is 53.3 Å². The average Bonchev–Trinajstić information content (AvgIpc) is 2.38. The van der Waals surface area contributed by atoms with Gasteiger partial charge in [-0.3, -0.25) is 9.69 Å². The third kappa shape index (κ3) is 4.72. The van der Waals surface area contributed by atoms with Crippen molar-refractivity contribution in [3.63, 3.8) is 0 Å². The lowest BCUT2D eigenvalue weighted by Gasteiger charge is -2.22. The summed E-state index contributed by atoms with van der Waals surface area (Å²) in [5.41, 5.74) is 2.07. The zero-order chi connectivity index (χ0) is 14.3. The Balaban J connectivity index is 2.65. The third-order valence-electron chi connectivity index (χ3n) is 2.89. The van der Waals surface area contributed by atoms with E-state index in [1.807, 2.05) is 43.1 Å². The van der Waals surface area contributed by atoms with Crippen LogP contribution < -0.4 is 0 Å². The van der Waals surface area contributed by atoms with E-state index >= 15 is 0 Å². The summed E-state index contributed by atoms with van der Waals surface area (Å²) in [7, 11) is 1.84. The number of rotatable bonds is 6. The molecule has 0 radical (unpaired) electrons. The van der Waals surface area contributed by atoms with Gasteiger partial charge in [-0.25, -0.2) is 0 Å². The lowest BCUT2D eigenvalue weighted by molar-refractivity contribution is -0.143. The van der Waals surface area contributed by atoms with Gasteiger partial charge in [-0.1, -0.05) is 29.8 Å². The highest BCUT2D eigenvalue weighted by molar-refractivity contribution is 5.69. The van der Waals surface area contributed by atoms with Crippen molar-refractivity contribution in [1.29, 1.82) is 5.26 Å². The Morgan fingerprint density at radius 1 is 1.53 bits per heavy atom. The molecule has 0 aliphatic carbocycles. The van der Waals surface area contributed by atoms with Crippen LogP contribution in [0.5, 0.6) is 0 Å². The van der Waals surface area contributed by atoms with Gasteiger partial charge in [-0.15, -0.1) is 0 Å². The van der Waals surface area contributed by atoms with Crippen LogP contribution in [0.1, 0.15) is 30.5 Å². The maximum absolute atomic E-state index is 11.3. The predicted octanol–water partition coefficient (Wildman–Crippen LogP) is 2.44. The second kappa shape index (κ2) is 7.55. The smallest absolute Gasteiger partial charge is 0.307 e. The van der Waals surface area contributed by atoms with Crippen molar-refractivity contribution in [2.45, 2.75) is 26.3 Å². The molecular weight excluding hydrogens is 240 g/mol. The van der Waals surface area contributed by atoms with Crippen molar-refractivity contribution in [3.05, 3.63) is 35.4 Å². The molecule has 0 heterocycles. The first-order valence-electron chi connectivity index (χ1n) is 6.40. The Morgan fingerprint density at radius 3 is 2.84 bits per heavy atom. The van der Waals surface area contributed by atoms with Crippen LogP contribution in [-0.4, -0.2) is 31.1 Å². The Hall–Kier alpha value is -1.86. The lowest BCUT2D eigenvalue weighted by atomic mass is 10.0. The lowest BCUT2D eigenvalue weighted by Crippen LogP contribution is -2.26. The predicted molar refractivity (Wildman–Crippen MR) is 73.4 cm³/mol. The number of esters is 1. The first kappa shape index (κ1) is 15.2. The first-order chi connectivity index (χ1) is 9.08. The zero-order valence-corrected chi connectivity index (χ0v) is 11.7. The summed E-state index contributed by atoms with van der Waals surface area (Å²) in [4.78, 5) is 13.2. The van der Waals surface area contributed by atoms with Crippen LogP contribution in [0, 0.1) is 18.3 Å². The van der Waals surface area contributed by atoms with Gasteiger partial charge in [0.15, 0.2) is 0 Å². The quantitative estimate of drug-likeness (QED) is 0.737. The number of ether oxygens (including phenoxy) is 1. The number of carbonyl (C=O) groups excluding carboxylic acids is 1. The minimum Gasteiger partial charge on any atom is -0.466 e. The Kier molecular flexibility index (Phi) is 6.04. The number of aryl methyl sites for hydroxylation is 1. The van der Waals surface area contributed by atoms with Crippen LogP contribution in [0.2, 0.25) is 0 Å². The van der Waals surface area contributed by atoms with Crippen LogP contribution in [-0.2, 0) is 9.53 Å². The second-order valence-electron chi connectivity index (χ2n) is 4.48. The molecule has 0 aliphatic heterocycles. The van der Waals surface area contributed by atoms with E-state index in [1.165, 1.54) is 0 Å². The van der Waals surface area contributed by atoms with Crippen molar-refractivity contribution in [2.75, 3.05) is 20.2 Å². The Labute approximate surface area is 114 Å². The highest BCUT2D eigenvalue weighted by atomic mass is 16.5. The van der Waals surface area contributed by atoms with E-state index in [9.17, 15) is 10.1 Å². The molecule has 1 atom stereocenters. The third-order valence-corrected chi connectivity index (χ3v) is 2.89. The number of nitrogens with zero attached hydrogens (tertiary/aromatic N) is 2. The van der Waals surface area contributed by atoms with Crippen molar-refractivity contribution >= 4 is 5.97 Å². The molecule has 0 fully saturated rings. The molecule has 4 nitrogen and oxygen atoms in total. The molecule has 1 aromatic carbocycles. The second-order valence-corrected chi connectivity index (χ2v) is 4.48. The van der Waals surface area contributed by atoms with Gasteiger partial charge in [0.2, 0.25) is 0 Å². The number of nitriles is 1. The van der Waals surface area contributed by atoms with Crippen LogP contribution in [0.4, 0.5) is 0 Å². The number of benzene rings is 1. The molecule has 1 rings (SSSR count). The number of hydrogen-bond donors (Lipinski definition) is 0. The maximum atomic E-state index is 11.3. The summed E-state index contributed by atoms with van der Waals surface area (Å²) >= 11 is 0. The average molecular weight is 260 g/mol. The van der Waals surface area contributed by atoms with Crippen molar-refractivity contribution < 1.29 is 9.53 Å². The molecule has 0 aliphatic rings. The summed E-state index contributed by atoms with van der Waals surface area (Å²) in [5, 5.41) is 9.30. The molecular formula is C15H20N2O2. The Morgan fingerprint density at radius 2 is 2.26 bits per heavy atom. The largest absolute Gasteiger partial charge is 0.466 e. The molecule has 0 aromatic heterocycles. The van der Waals surface area contributed by atoms with E-state index in [1.54, 1.807) is 6.92 Å². The first-order valence-corrected chi connectivity index (χ1v) is 6.40. The van der Waals surface area contributed by atoms with Gasteiger partial charge in [0.05, 0.1) is 19.1 Å². The van der Waals surface area contributed by atoms with Crippen LogP contribution in [0.25, 0.3) is 0 Å². The molecule has 102 valence electrons.